The van der Waals surface area contributed by atoms with Gasteiger partial charge in [-0.2, -0.15) is 0 Å². The number of fused-ring (bicyclic) bond motifs is 1. The Kier molecular flexibility index (Phi) is 4.34. The summed E-state index contributed by atoms with van der Waals surface area (Å²) in [4.78, 5) is 29.2. The number of aromatic nitrogens is 5. The first-order chi connectivity index (χ1) is 12.8. The molecule has 0 fully saturated rings. The Hall–Kier alpha value is -3.61. The fraction of sp³-hybridized carbons (Fsp3) is 0.105. The van der Waals surface area contributed by atoms with E-state index in [4.69, 9.17) is 0 Å². The molecule has 0 atom stereocenters. The third-order valence-corrected chi connectivity index (χ3v) is 3.96. The van der Waals surface area contributed by atoms with Gasteiger partial charge >= 0.3 is 0 Å². The molecule has 3 heterocycles. The van der Waals surface area contributed by atoms with Crippen LogP contribution >= 0.6 is 0 Å². The molecule has 4 rings (SSSR count). The molecule has 0 aliphatic rings. The summed E-state index contributed by atoms with van der Waals surface area (Å²) in [5.41, 5.74) is 3.76. The summed E-state index contributed by atoms with van der Waals surface area (Å²) in [7, 11) is 0. The number of nitrogens with one attached hydrogen (secondary N) is 1. The van der Waals surface area contributed by atoms with Gasteiger partial charge in [-0.25, -0.2) is 9.97 Å². The van der Waals surface area contributed by atoms with Crippen molar-refractivity contribution in [3.05, 3.63) is 84.3 Å². The largest absolute Gasteiger partial charge is 0.346 e. The number of pyridine rings is 1. The van der Waals surface area contributed by atoms with E-state index in [2.05, 4.69) is 37.4 Å². The second-order valence-corrected chi connectivity index (χ2v) is 5.80. The molecule has 1 N–H and O–H groups in total. The maximum absolute atomic E-state index is 12.3. The van der Waals surface area contributed by atoms with Crippen LogP contribution in [0.1, 0.15) is 21.6 Å². The van der Waals surface area contributed by atoms with Gasteiger partial charge in [0.1, 0.15) is 5.52 Å². The normalized spacial score (nSPS) is 10.8. The molecule has 0 saturated heterocycles. The van der Waals surface area contributed by atoms with Gasteiger partial charge in [-0.3, -0.25) is 14.8 Å². The maximum atomic E-state index is 12.3. The van der Waals surface area contributed by atoms with E-state index in [9.17, 15) is 4.79 Å². The quantitative estimate of drug-likeness (QED) is 0.600. The van der Waals surface area contributed by atoms with Crippen molar-refractivity contribution in [2.24, 2.45) is 0 Å². The second kappa shape index (κ2) is 7.10. The molecule has 1 amide bonds. The molecular formula is C19H16N6O. The van der Waals surface area contributed by atoms with Gasteiger partial charge in [-0.15, -0.1) is 0 Å². The van der Waals surface area contributed by atoms with Crippen LogP contribution in [0.3, 0.4) is 0 Å². The van der Waals surface area contributed by atoms with Gasteiger partial charge in [0, 0.05) is 18.6 Å². The maximum Gasteiger partial charge on any atom is 0.253 e. The van der Waals surface area contributed by atoms with Gasteiger partial charge in [0.15, 0.2) is 5.65 Å². The van der Waals surface area contributed by atoms with E-state index in [1.165, 1.54) is 5.56 Å². The van der Waals surface area contributed by atoms with Crippen LogP contribution < -0.4 is 5.32 Å². The number of benzene rings is 1. The molecule has 7 nitrogen and oxygen atoms in total. The number of nitrogens with zero attached hydrogens (tertiary/aromatic N) is 5. The van der Waals surface area contributed by atoms with Crippen molar-refractivity contribution in [2.75, 3.05) is 0 Å². The molecule has 0 radical (unpaired) electrons. The van der Waals surface area contributed by atoms with Gasteiger partial charge in [0.2, 0.25) is 0 Å². The number of carbonyl (C=O) groups excluding carboxylic acids is 1. The highest BCUT2D eigenvalue weighted by Gasteiger charge is 2.11. The van der Waals surface area contributed by atoms with Gasteiger partial charge in [0.05, 0.1) is 36.9 Å². The molecule has 0 aliphatic carbocycles. The summed E-state index contributed by atoms with van der Waals surface area (Å²) < 4.78 is 1.96. The number of rotatable bonds is 5. The molecule has 1 aromatic carbocycles. The lowest BCUT2D eigenvalue weighted by molar-refractivity contribution is 0.0950. The predicted octanol–water partition coefficient (Wildman–Crippen LogP) is 2.20. The Balaban J connectivity index is 1.50. The van der Waals surface area contributed by atoms with E-state index >= 15 is 0 Å². The van der Waals surface area contributed by atoms with Crippen LogP contribution in [0, 0.1) is 0 Å². The van der Waals surface area contributed by atoms with E-state index in [0.29, 0.717) is 29.9 Å². The summed E-state index contributed by atoms with van der Waals surface area (Å²) >= 11 is 0. The molecule has 7 heteroatoms. The van der Waals surface area contributed by atoms with Gasteiger partial charge in [-0.1, -0.05) is 30.3 Å². The average Bonchev–Trinajstić information content (AvgIpc) is 3.10. The first-order valence-corrected chi connectivity index (χ1v) is 8.17. The SMILES string of the molecule is O=C(NCc1cnccn1)c1cnc2c(c1)ncn2Cc1ccccc1. The molecule has 0 unspecified atom stereocenters. The third kappa shape index (κ3) is 3.41. The summed E-state index contributed by atoms with van der Waals surface area (Å²) in [6, 6.07) is 11.8. The van der Waals surface area contributed by atoms with Crippen molar-refractivity contribution in [2.45, 2.75) is 13.1 Å². The van der Waals surface area contributed by atoms with Crippen molar-refractivity contribution >= 4 is 17.1 Å². The van der Waals surface area contributed by atoms with Crippen LogP contribution in [0.5, 0.6) is 0 Å². The minimum atomic E-state index is -0.220. The Morgan fingerprint density at radius 2 is 1.92 bits per heavy atom. The Labute approximate surface area is 149 Å². The highest BCUT2D eigenvalue weighted by atomic mass is 16.1. The van der Waals surface area contributed by atoms with Gasteiger partial charge in [-0.05, 0) is 11.6 Å². The van der Waals surface area contributed by atoms with Crippen LogP contribution in [-0.4, -0.2) is 30.4 Å². The highest BCUT2D eigenvalue weighted by Crippen LogP contribution is 2.14. The molecule has 4 aromatic rings. The molecule has 0 bridgehead atoms. The van der Waals surface area contributed by atoms with Crippen LogP contribution in [0.15, 0.2) is 67.5 Å². The van der Waals surface area contributed by atoms with E-state index in [1.807, 2.05) is 22.8 Å². The fourth-order valence-corrected chi connectivity index (χ4v) is 2.66. The standard InChI is InChI=1S/C19H16N6O/c26-19(23-11-16-10-20-6-7-21-16)15-8-17-18(22-9-15)25(13-24-17)12-14-4-2-1-3-5-14/h1-10,13H,11-12H2,(H,23,26). The van der Waals surface area contributed by atoms with Crippen LogP contribution in [-0.2, 0) is 13.1 Å². The summed E-state index contributed by atoms with van der Waals surface area (Å²) in [5, 5.41) is 2.81. The lowest BCUT2D eigenvalue weighted by atomic mass is 10.2. The topological polar surface area (TPSA) is 85.6 Å². The number of amides is 1. The summed E-state index contributed by atoms with van der Waals surface area (Å²) in [5.74, 6) is -0.220. The highest BCUT2D eigenvalue weighted by molar-refractivity contribution is 5.96. The fourth-order valence-electron chi connectivity index (χ4n) is 2.66. The zero-order chi connectivity index (χ0) is 17.8. The molecule has 128 valence electrons. The second-order valence-electron chi connectivity index (χ2n) is 5.80. The Bertz CT molecular complexity index is 1030. The van der Waals surface area contributed by atoms with Crippen molar-refractivity contribution in [3.63, 3.8) is 0 Å². The van der Waals surface area contributed by atoms with Crippen LogP contribution in [0.4, 0.5) is 0 Å². The minimum Gasteiger partial charge on any atom is -0.346 e. The summed E-state index contributed by atoms with van der Waals surface area (Å²) in [6.07, 6.45) is 8.11. The smallest absolute Gasteiger partial charge is 0.253 e. The van der Waals surface area contributed by atoms with Crippen molar-refractivity contribution in [1.82, 2.24) is 29.8 Å². The van der Waals surface area contributed by atoms with Crippen LogP contribution in [0.2, 0.25) is 0 Å². The predicted molar refractivity (Wildman–Crippen MR) is 96.3 cm³/mol. The molecule has 0 saturated carbocycles. The van der Waals surface area contributed by atoms with E-state index in [-0.39, 0.29) is 5.91 Å². The lowest BCUT2D eigenvalue weighted by Gasteiger charge is -2.06. The van der Waals surface area contributed by atoms with E-state index in [1.54, 1.807) is 37.2 Å². The molecule has 3 aromatic heterocycles. The zero-order valence-electron chi connectivity index (χ0n) is 13.9. The van der Waals surface area contributed by atoms with Gasteiger partial charge < -0.3 is 9.88 Å². The zero-order valence-corrected chi connectivity index (χ0v) is 13.9. The molecular weight excluding hydrogens is 328 g/mol. The number of imidazole rings is 1. The molecule has 0 spiro atoms. The lowest BCUT2D eigenvalue weighted by Crippen LogP contribution is -2.23. The van der Waals surface area contributed by atoms with E-state index in [0.717, 1.165) is 5.65 Å². The monoisotopic (exact) mass is 344 g/mol. The van der Waals surface area contributed by atoms with Gasteiger partial charge in [0.25, 0.3) is 5.91 Å². The summed E-state index contributed by atoms with van der Waals surface area (Å²) in [6.45, 7) is 0.996. The Morgan fingerprint density at radius 1 is 1.04 bits per heavy atom. The molecule has 0 aliphatic heterocycles. The van der Waals surface area contributed by atoms with Crippen LogP contribution in [0.25, 0.3) is 11.2 Å². The molecule has 26 heavy (non-hydrogen) atoms. The van der Waals surface area contributed by atoms with E-state index < -0.39 is 0 Å². The van der Waals surface area contributed by atoms with Crippen molar-refractivity contribution in [1.29, 1.82) is 0 Å². The first kappa shape index (κ1) is 15.9. The number of carbonyl (C=O) groups is 1. The first-order valence-electron chi connectivity index (χ1n) is 8.17. The third-order valence-electron chi connectivity index (χ3n) is 3.96. The number of hydrogen-bond donors (Lipinski definition) is 1. The van der Waals surface area contributed by atoms with Crippen molar-refractivity contribution < 1.29 is 4.79 Å². The number of hydrogen-bond acceptors (Lipinski definition) is 5. The van der Waals surface area contributed by atoms with Crippen molar-refractivity contribution in [3.8, 4) is 0 Å². The Morgan fingerprint density at radius 3 is 2.73 bits per heavy atom. The minimum absolute atomic E-state index is 0.220. The average molecular weight is 344 g/mol.